The highest BCUT2D eigenvalue weighted by molar-refractivity contribution is 5.55. The summed E-state index contributed by atoms with van der Waals surface area (Å²) < 4.78 is 14.1. The van der Waals surface area contributed by atoms with E-state index in [1.54, 1.807) is 6.07 Å². The molecule has 20 heavy (non-hydrogen) atoms. The van der Waals surface area contributed by atoms with Crippen LogP contribution in [-0.4, -0.2) is 31.3 Å². The molecule has 0 spiro atoms. The summed E-state index contributed by atoms with van der Waals surface area (Å²) in [6.45, 7) is 2.50. The van der Waals surface area contributed by atoms with Crippen LogP contribution in [0.2, 0.25) is 0 Å². The van der Waals surface area contributed by atoms with E-state index in [1.807, 2.05) is 32.0 Å². The molecule has 0 heterocycles. The first-order valence-corrected chi connectivity index (χ1v) is 7.36. The molecular formula is C16H25FN2O. The second kappa shape index (κ2) is 6.10. The minimum atomic E-state index is -0.624. The van der Waals surface area contributed by atoms with Crippen molar-refractivity contribution in [2.75, 3.05) is 25.5 Å². The molecule has 0 aliphatic heterocycles. The lowest BCUT2D eigenvalue weighted by atomic mass is 9.99. The molecule has 2 rings (SSSR count). The van der Waals surface area contributed by atoms with Gasteiger partial charge in [0.2, 0.25) is 0 Å². The van der Waals surface area contributed by atoms with E-state index in [2.05, 4.69) is 5.32 Å². The van der Waals surface area contributed by atoms with Crippen LogP contribution in [0.4, 0.5) is 10.1 Å². The van der Waals surface area contributed by atoms with Crippen molar-refractivity contribution in [3.63, 3.8) is 0 Å². The number of rotatable bonds is 5. The normalized spacial score (nSPS) is 19.1. The molecule has 1 aliphatic rings. The van der Waals surface area contributed by atoms with Gasteiger partial charge in [0.15, 0.2) is 0 Å². The Labute approximate surface area is 120 Å². The molecule has 1 saturated carbocycles. The zero-order valence-electron chi connectivity index (χ0n) is 12.6. The summed E-state index contributed by atoms with van der Waals surface area (Å²) in [5, 5.41) is 13.6. The van der Waals surface area contributed by atoms with Crippen LogP contribution in [0.5, 0.6) is 0 Å². The average molecular weight is 280 g/mol. The van der Waals surface area contributed by atoms with E-state index in [0.29, 0.717) is 12.1 Å². The van der Waals surface area contributed by atoms with Gasteiger partial charge in [-0.25, -0.2) is 4.39 Å². The molecular weight excluding hydrogens is 255 g/mol. The fraction of sp³-hybridized carbons (Fsp3) is 0.625. The minimum absolute atomic E-state index is 0.0631. The van der Waals surface area contributed by atoms with Crippen molar-refractivity contribution < 1.29 is 9.50 Å². The van der Waals surface area contributed by atoms with E-state index in [9.17, 15) is 9.50 Å². The number of anilines is 1. The number of nitrogens with zero attached hydrogens (tertiary/aromatic N) is 1. The lowest BCUT2D eigenvalue weighted by Gasteiger charge is -2.32. The second-order valence-corrected chi connectivity index (χ2v) is 5.97. The molecule has 112 valence electrons. The van der Waals surface area contributed by atoms with E-state index in [-0.39, 0.29) is 11.9 Å². The standard InChI is InChI=1S/C16H25FN2O/c1-12(18-2)15-13(17)7-6-8-14(15)19(3)11-16(20)9-4-5-10-16/h6-8,12,18,20H,4-5,9-11H2,1-3H3. The van der Waals surface area contributed by atoms with E-state index < -0.39 is 5.60 Å². The Morgan fingerprint density at radius 2 is 2.05 bits per heavy atom. The molecule has 0 saturated heterocycles. The molecule has 0 bridgehead atoms. The molecule has 0 amide bonds. The van der Waals surface area contributed by atoms with Crippen molar-refractivity contribution in [2.45, 2.75) is 44.2 Å². The zero-order valence-corrected chi connectivity index (χ0v) is 12.6. The SMILES string of the molecule is CNC(C)c1c(F)cccc1N(C)CC1(O)CCCC1. The average Bonchev–Trinajstić information content (AvgIpc) is 2.84. The maximum atomic E-state index is 14.1. The van der Waals surface area contributed by atoms with E-state index in [4.69, 9.17) is 0 Å². The van der Waals surface area contributed by atoms with E-state index in [1.165, 1.54) is 6.07 Å². The zero-order chi connectivity index (χ0) is 14.8. The number of aliphatic hydroxyl groups is 1. The van der Waals surface area contributed by atoms with Gasteiger partial charge >= 0.3 is 0 Å². The maximum absolute atomic E-state index is 14.1. The van der Waals surface area contributed by atoms with Crippen molar-refractivity contribution in [3.8, 4) is 0 Å². The number of nitrogens with one attached hydrogen (secondary N) is 1. The molecule has 1 unspecified atom stereocenters. The summed E-state index contributed by atoms with van der Waals surface area (Å²) in [5.74, 6) is -0.199. The van der Waals surface area contributed by atoms with Crippen molar-refractivity contribution >= 4 is 5.69 Å². The first-order chi connectivity index (χ1) is 9.47. The molecule has 3 nitrogen and oxygen atoms in total. The third-order valence-corrected chi connectivity index (χ3v) is 4.37. The number of benzene rings is 1. The third kappa shape index (κ3) is 3.13. The highest BCUT2D eigenvalue weighted by Crippen LogP contribution is 2.33. The summed E-state index contributed by atoms with van der Waals surface area (Å²) in [4.78, 5) is 1.98. The van der Waals surface area contributed by atoms with Gasteiger partial charge in [0.25, 0.3) is 0 Å². The monoisotopic (exact) mass is 280 g/mol. The summed E-state index contributed by atoms with van der Waals surface area (Å²) in [6.07, 6.45) is 3.83. The predicted molar refractivity (Wildman–Crippen MR) is 80.6 cm³/mol. The molecule has 1 aromatic carbocycles. The molecule has 2 N–H and O–H groups in total. The van der Waals surface area contributed by atoms with Gasteiger partial charge in [0, 0.05) is 30.9 Å². The smallest absolute Gasteiger partial charge is 0.130 e. The van der Waals surface area contributed by atoms with Gasteiger partial charge in [0.05, 0.1) is 5.60 Å². The van der Waals surface area contributed by atoms with Gasteiger partial charge in [-0.1, -0.05) is 18.9 Å². The van der Waals surface area contributed by atoms with Gasteiger partial charge in [-0.05, 0) is 38.9 Å². The van der Waals surface area contributed by atoms with Gasteiger partial charge in [0.1, 0.15) is 5.82 Å². The molecule has 1 aromatic rings. The van der Waals surface area contributed by atoms with Crippen molar-refractivity contribution in [1.29, 1.82) is 0 Å². The number of likely N-dealkylation sites (N-methyl/N-ethyl adjacent to an activating group) is 1. The Morgan fingerprint density at radius 3 is 2.65 bits per heavy atom. The van der Waals surface area contributed by atoms with Crippen LogP contribution in [0, 0.1) is 5.82 Å². The van der Waals surface area contributed by atoms with Crippen molar-refractivity contribution in [3.05, 3.63) is 29.6 Å². The fourth-order valence-electron chi connectivity index (χ4n) is 3.15. The molecule has 4 heteroatoms. The van der Waals surface area contributed by atoms with Crippen LogP contribution in [0.15, 0.2) is 18.2 Å². The quantitative estimate of drug-likeness (QED) is 0.870. The van der Waals surface area contributed by atoms with E-state index >= 15 is 0 Å². The summed E-state index contributed by atoms with van der Waals surface area (Å²) in [7, 11) is 3.75. The Balaban J connectivity index is 2.25. The van der Waals surface area contributed by atoms with Crippen LogP contribution in [0.3, 0.4) is 0 Å². The summed E-state index contributed by atoms with van der Waals surface area (Å²) in [6, 6.07) is 5.08. The Hall–Kier alpha value is -1.13. The Morgan fingerprint density at radius 1 is 1.40 bits per heavy atom. The predicted octanol–water partition coefficient (Wildman–Crippen LogP) is 2.85. The summed E-state index contributed by atoms with van der Waals surface area (Å²) in [5.41, 5.74) is 0.896. The van der Waals surface area contributed by atoms with Crippen LogP contribution >= 0.6 is 0 Å². The van der Waals surface area contributed by atoms with Gasteiger partial charge in [-0.2, -0.15) is 0 Å². The topological polar surface area (TPSA) is 35.5 Å². The Kier molecular flexibility index (Phi) is 4.66. The van der Waals surface area contributed by atoms with Crippen LogP contribution in [0.25, 0.3) is 0 Å². The first-order valence-electron chi connectivity index (χ1n) is 7.36. The van der Waals surface area contributed by atoms with Gasteiger partial charge in [-0.3, -0.25) is 0 Å². The molecule has 1 atom stereocenters. The minimum Gasteiger partial charge on any atom is -0.388 e. The highest BCUT2D eigenvalue weighted by Gasteiger charge is 2.33. The van der Waals surface area contributed by atoms with E-state index in [0.717, 1.165) is 31.4 Å². The molecule has 1 aliphatic carbocycles. The molecule has 0 aromatic heterocycles. The number of hydrogen-bond acceptors (Lipinski definition) is 3. The van der Waals surface area contributed by atoms with Gasteiger partial charge < -0.3 is 15.3 Å². The summed E-state index contributed by atoms with van der Waals surface area (Å²) >= 11 is 0. The third-order valence-electron chi connectivity index (χ3n) is 4.37. The Bertz CT molecular complexity index is 458. The lowest BCUT2D eigenvalue weighted by Crippen LogP contribution is -2.40. The number of hydrogen-bond donors (Lipinski definition) is 2. The number of halogens is 1. The van der Waals surface area contributed by atoms with Crippen LogP contribution in [0.1, 0.15) is 44.2 Å². The van der Waals surface area contributed by atoms with Crippen molar-refractivity contribution in [1.82, 2.24) is 5.32 Å². The fourth-order valence-corrected chi connectivity index (χ4v) is 3.15. The lowest BCUT2D eigenvalue weighted by molar-refractivity contribution is 0.0559. The van der Waals surface area contributed by atoms with Crippen molar-refractivity contribution in [2.24, 2.45) is 0 Å². The molecule has 0 radical (unpaired) electrons. The van der Waals surface area contributed by atoms with Crippen LogP contribution in [-0.2, 0) is 0 Å². The maximum Gasteiger partial charge on any atom is 0.130 e. The largest absolute Gasteiger partial charge is 0.388 e. The molecule has 1 fully saturated rings. The van der Waals surface area contributed by atoms with Crippen LogP contribution < -0.4 is 10.2 Å². The van der Waals surface area contributed by atoms with Gasteiger partial charge in [-0.15, -0.1) is 0 Å². The first kappa shape index (κ1) is 15.3. The second-order valence-electron chi connectivity index (χ2n) is 5.97. The highest BCUT2D eigenvalue weighted by atomic mass is 19.1.